The SMILES string of the molecule is CCOc1ccccc1C(=O)NCC1CCNCC1.Cl. The molecule has 2 rings (SSSR count). The van der Waals surface area contributed by atoms with Crippen molar-refractivity contribution in [1.29, 1.82) is 0 Å². The van der Waals surface area contributed by atoms with Crippen LogP contribution in [0, 0.1) is 5.92 Å². The van der Waals surface area contributed by atoms with E-state index in [4.69, 9.17) is 4.74 Å². The Labute approximate surface area is 126 Å². The first-order chi connectivity index (χ1) is 9.31. The number of hydrogen-bond acceptors (Lipinski definition) is 3. The average molecular weight is 299 g/mol. The molecule has 0 aromatic heterocycles. The number of rotatable bonds is 5. The van der Waals surface area contributed by atoms with Crippen LogP contribution in [0.25, 0.3) is 0 Å². The van der Waals surface area contributed by atoms with Gasteiger partial charge >= 0.3 is 0 Å². The van der Waals surface area contributed by atoms with E-state index in [1.807, 2.05) is 31.2 Å². The van der Waals surface area contributed by atoms with Crippen molar-refractivity contribution in [2.75, 3.05) is 26.2 Å². The molecular formula is C15H23ClN2O2. The molecule has 0 bridgehead atoms. The monoisotopic (exact) mass is 298 g/mol. The minimum absolute atomic E-state index is 0. The largest absolute Gasteiger partial charge is 0.493 e. The molecule has 2 N–H and O–H groups in total. The van der Waals surface area contributed by atoms with Gasteiger partial charge in [0.05, 0.1) is 12.2 Å². The Morgan fingerprint density at radius 1 is 1.35 bits per heavy atom. The highest BCUT2D eigenvalue weighted by molar-refractivity contribution is 5.96. The van der Waals surface area contributed by atoms with Gasteiger partial charge in [-0.3, -0.25) is 4.79 Å². The number of hydrogen-bond donors (Lipinski definition) is 2. The topological polar surface area (TPSA) is 50.4 Å². The lowest BCUT2D eigenvalue weighted by atomic mass is 9.98. The summed E-state index contributed by atoms with van der Waals surface area (Å²) in [5.41, 5.74) is 0.623. The van der Waals surface area contributed by atoms with Crippen LogP contribution in [-0.4, -0.2) is 32.1 Å². The third-order valence-electron chi connectivity index (χ3n) is 3.44. The molecule has 1 saturated heterocycles. The van der Waals surface area contributed by atoms with Crippen LogP contribution in [0.3, 0.4) is 0 Å². The zero-order valence-corrected chi connectivity index (χ0v) is 12.7. The lowest BCUT2D eigenvalue weighted by Gasteiger charge is -2.22. The van der Waals surface area contributed by atoms with Gasteiger partial charge in [0.1, 0.15) is 5.75 Å². The Morgan fingerprint density at radius 2 is 2.05 bits per heavy atom. The molecule has 1 aromatic carbocycles. The molecule has 0 atom stereocenters. The fourth-order valence-corrected chi connectivity index (χ4v) is 2.35. The van der Waals surface area contributed by atoms with Gasteiger partial charge in [-0.15, -0.1) is 12.4 Å². The minimum Gasteiger partial charge on any atom is -0.493 e. The maximum atomic E-state index is 12.2. The summed E-state index contributed by atoms with van der Waals surface area (Å²) in [5.74, 6) is 1.21. The highest BCUT2D eigenvalue weighted by atomic mass is 35.5. The molecule has 1 fully saturated rings. The molecule has 1 aliphatic heterocycles. The second-order valence-electron chi connectivity index (χ2n) is 4.83. The molecule has 0 aliphatic carbocycles. The number of benzene rings is 1. The third-order valence-corrected chi connectivity index (χ3v) is 3.44. The normalized spacial score (nSPS) is 15.2. The quantitative estimate of drug-likeness (QED) is 0.876. The smallest absolute Gasteiger partial charge is 0.255 e. The number of carbonyl (C=O) groups is 1. The lowest BCUT2D eigenvalue weighted by Crippen LogP contribution is -2.36. The zero-order chi connectivity index (χ0) is 13.5. The van der Waals surface area contributed by atoms with Crippen LogP contribution in [0.2, 0.25) is 0 Å². The van der Waals surface area contributed by atoms with Crippen molar-refractivity contribution in [2.24, 2.45) is 5.92 Å². The van der Waals surface area contributed by atoms with Crippen LogP contribution >= 0.6 is 12.4 Å². The van der Waals surface area contributed by atoms with Crippen molar-refractivity contribution >= 4 is 18.3 Å². The maximum absolute atomic E-state index is 12.2. The van der Waals surface area contributed by atoms with Gasteiger partial charge in [0.15, 0.2) is 0 Å². The summed E-state index contributed by atoms with van der Waals surface area (Å²) in [6, 6.07) is 7.39. The van der Waals surface area contributed by atoms with Gasteiger partial charge in [-0.05, 0) is 50.9 Å². The van der Waals surface area contributed by atoms with Crippen molar-refractivity contribution in [3.8, 4) is 5.75 Å². The maximum Gasteiger partial charge on any atom is 0.255 e. The summed E-state index contributed by atoms with van der Waals surface area (Å²) in [5, 5.41) is 6.35. The van der Waals surface area contributed by atoms with E-state index in [-0.39, 0.29) is 18.3 Å². The molecule has 1 aromatic rings. The van der Waals surface area contributed by atoms with E-state index in [1.54, 1.807) is 0 Å². The fraction of sp³-hybridized carbons (Fsp3) is 0.533. The molecular weight excluding hydrogens is 276 g/mol. The van der Waals surface area contributed by atoms with Crippen LogP contribution < -0.4 is 15.4 Å². The number of nitrogens with one attached hydrogen (secondary N) is 2. The predicted octanol–water partition coefficient (Wildman–Crippen LogP) is 2.24. The summed E-state index contributed by atoms with van der Waals surface area (Å²) in [6.07, 6.45) is 2.26. The first kappa shape index (κ1) is 16.8. The van der Waals surface area contributed by atoms with Crippen molar-refractivity contribution < 1.29 is 9.53 Å². The van der Waals surface area contributed by atoms with Gasteiger partial charge in [0, 0.05) is 6.54 Å². The summed E-state index contributed by atoms with van der Waals surface area (Å²) < 4.78 is 5.48. The van der Waals surface area contributed by atoms with E-state index < -0.39 is 0 Å². The van der Waals surface area contributed by atoms with Gasteiger partial charge in [-0.25, -0.2) is 0 Å². The Balaban J connectivity index is 0.00000200. The number of carbonyl (C=O) groups excluding carboxylic acids is 1. The van der Waals surface area contributed by atoms with Crippen LogP contribution in [0.1, 0.15) is 30.1 Å². The molecule has 0 unspecified atom stereocenters. The zero-order valence-electron chi connectivity index (χ0n) is 11.9. The van der Waals surface area contributed by atoms with Gasteiger partial charge < -0.3 is 15.4 Å². The predicted molar refractivity (Wildman–Crippen MR) is 82.8 cm³/mol. The first-order valence-corrected chi connectivity index (χ1v) is 7.02. The lowest BCUT2D eigenvalue weighted by molar-refractivity contribution is 0.0940. The number of ether oxygens (including phenoxy) is 1. The molecule has 1 heterocycles. The van der Waals surface area contributed by atoms with Crippen LogP contribution in [0.5, 0.6) is 5.75 Å². The van der Waals surface area contributed by atoms with Gasteiger partial charge in [0.2, 0.25) is 0 Å². The van der Waals surface area contributed by atoms with E-state index in [9.17, 15) is 4.79 Å². The molecule has 1 aliphatic rings. The highest BCUT2D eigenvalue weighted by Gasteiger charge is 2.16. The number of halogens is 1. The Kier molecular flexibility index (Phi) is 7.41. The minimum atomic E-state index is -0.0393. The molecule has 1 amide bonds. The molecule has 4 nitrogen and oxygen atoms in total. The molecule has 5 heteroatoms. The van der Waals surface area contributed by atoms with Gasteiger partial charge in [0.25, 0.3) is 5.91 Å². The Hall–Kier alpha value is -1.26. The molecule has 0 spiro atoms. The van der Waals surface area contributed by atoms with E-state index in [0.29, 0.717) is 23.8 Å². The summed E-state index contributed by atoms with van der Waals surface area (Å²) >= 11 is 0. The van der Waals surface area contributed by atoms with Crippen LogP contribution in [0.4, 0.5) is 0 Å². The summed E-state index contributed by atoms with van der Waals surface area (Å²) in [7, 11) is 0. The van der Waals surface area contributed by atoms with Crippen molar-refractivity contribution in [1.82, 2.24) is 10.6 Å². The number of piperidine rings is 1. The van der Waals surface area contributed by atoms with E-state index in [0.717, 1.165) is 32.5 Å². The van der Waals surface area contributed by atoms with E-state index in [1.165, 1.54) is 0 Å². The standard InChI is InChI=1S/C15H22N2O2.ClH/c1-2-19-14-6-4-3-5-13(14)15(18)17-11-12-7-9-16-10-8-12;/h3-6,12,16H,2,7-11H2,1H3,(H,17,18);1H. The summed E-state index contributed by atoms with van der Waals surface area (Å²) in [6.45, 7) is 5.34. The molecule has 112 valence electrons. The molecule has 0 radical (unpaired) electrons. The highest BCUT2D eigenvalue weighted by Crippen LogP contribution is 2.18. The van der Waals surface area contributed by atoms with E-state index >= 15 is 0 Å². The Morgan fingerprint density at radius 3 is 2.75 bits per heavy atom. The average Bonchev–Trinajstić information content (AvgIpc) is 2.47. The number of amides is 1. The second-order valence-corrected chi connectivity index (χ2v) is 4.83. The Bertz CT molecular complexity index is 420. The van der Waals surface area contributed by atoms with Gasteiger partial charge in [-0.1, -0.05) is 12.1 Å². The number of para-hydroxylation sites is 1. The van der Waals surface area contributed by atoms with Gasteiger partial charge in [-0.2, -0.15) is 0 Å². The molecule has 0 saturated carbocycles. The van der Waals surface area contributed by atoms with E-state index in [2.05, 4.69) is 10.6 Å². The third kappa shape index (κ3) is 4.69. The van der Waals surface area contributed by atoms with Crippen LogP contribution in [0.15, 0.2) is 24.3 Å². The van der Waals surface area contributed by atoms with Crippen molar-refractivity contribution in [3.05, 3.63) is 29.8 Å². The van der Waals surface area contributed by atoms with Crippen molar-refractivity contribution in [2.45, 2.75) is 19.8 Å². The fourth-order valence-electron chi connectivity index (χ4n) is 2.35. The van der Waals surface area contributed by atoms with Crippen LogP contribution in [-0.2, 0) is 0 Å². The van der Waals surface area contributed by atoms with Crippen molar-refractivity contribution in [3.63, 3.8) is 0 Å². The second kappa shape index (κ2) is 8.82. The first-order valence-electron chi connectivity index (χ1n) is 7.02. The summed E-state index contributed by atoms with van der Waals surface area (Å²) in [4.78, 5) is 12.2. The molecule has 20 heavy (non-hydrogen) atoms.